The molecule has 3 aromatic rings. The van der Waals surface area contributed by atoms with E-state index in [9.17, 15) is 8.42 Å². The minimum absolute atomic E-state index is 0.0904. The number of hydrogen-bond donors (Lipinski definition) is 1. The highest BCUT2D eigenvalue weighted by molar-refractivity contribution is 9.10. The van der Waals surface area contributed by atoms with Crippen molar-refractivity contribution in [1.82, 2.24) is 0 Å². The van der Waals surface area contributed by atoms with Crippen molar-refractivity contribution >= 4 is 31.7 Å². The number of rotatable bonds is 8. The summed E-state index contributed by atoms with van der Waals surface area (Å²) in [4.78, 5) is 0.0904. The van der Waals surface area contributed by atoms with Gasteiger partial charge in [0.05, 0.1) is 11.1 Å². The van der Waals surface area contributed by atoms with Gasteiger partial charge in [-0.15, -0.1) is 0 Å². The molecule has 0 saturated carbocycles. The molecule has 0 atom stereocenters. The van der Waals surface area contributed by atoms with Crippen LogP contribution in [0.5, 0.6) is 11.5 Å². The first-order chi connectivity index (χ1) is 14.3. The van der Waals surface area contributed by atoms with Crippen LogP contribution in [0.2, 0.25) is 0 Å². The summed E-state index contributed by atoms with van der Waals surface area (Å²) < 4.78 is 37.1. The summed E-state index contributed by atoms with van der Waals surface area (Å²) in [7, 11) is -3.99. The van der Waals surface area contributed by atoms with Crippen molar-refractivity contribution < 1.29 is 17.3 Å². The van der Waals surface area contributed by atoms with Crippen molar-refractivity contribution in [2.45, 2.75) is 32.2 Å². The van der Waals surface area contributed by atoms with E-state index in [0.29, 0.717) is 23.4 Å². The normalized spacial score (nSPS) is 11.2. The van der Waals surface area contributed by atoms with Crippen LogP contribution < -0.4 is 14.2 Å². The lowest BCUT2D eigenvalue weighted by molar-refractivity contribution is 0.326. The van der Waals surface area contributed by atoms with Crippen LogP contribution in [0.4, 0.5) is 5.69 Å². The minimum atomic E-state index is -3.99. The molecule has 0 aromatic heterocycles. The fourth-order valence-electron chi connectivity index (χ4n) is 2.89. The average molecular weight is 490 g/mol. The SMILES string of the molecule is CCOc1cc(CNc2cccc(C)c2)cc(Br)c1OS(=O)(=O)c1ccc(C)cc1. The first kappa shape index (κ1) is 22.2. The number of hydrogen-bond acceptors (Lipinski definition) is 5. The topological polar surface area (TPSA) is 64.6 Å². The fourth-order valence-corrected chi connectivity index (χ4v) is 4.52. The third-order valence-electron chi connectivity index (χ3n) is 4.39. The van der Waals surface area contributed by atoms with E-state index in [-0.39, 0.29) is 10.6 Å². The van der Waals surface area contributed by atoms with Gasteiger partial charge in [-0.3, -0.25) is 0 Å². The monoisotopic (exact) mass is 489 g/mol. The van der Waals surface area contributed by atoms with E-state index < -0.39 is 10.1 Å². The van der Waals surface area contributed by atoms with Gasteiger partial charge in [0.1, 0.15) is 4.90 Å². The summed E-state index contributed by atoms with van der Waals surface area (Å²) in [5, 5.41) is 3.36. The van der Waals surface area contributed by atoms with Crippen LogP contribution in [0.1, 0.15) is 23.6 Å². The van der Waals surface area contributed by atoms with Gasteiger partial charge in [-0.1, -0.05) is 29.8 Å². The van der Waals surface area contributed by atoms with Crippen LogP contribution in [0, 0.1) is 13.8 Å². The molecule has 7 heteroatoms. The quantitative estimate of drug-likeness (QED) is 0.402. The second-order valence-corrected chi connectivity index (χ2v) is 9.31. The molecule has 0 aliphatic heterocycles. The standard InChI is InChI=1S/C23H24BrNO4S/c1-4-28-22-14-18(15-25-19-7-5-6-17(3)12-19)13-21(24)23(22)29-30(26,27)20-10-8-16(2)9-11-20/h5-14,25H,4,15H2,1-3H3. The lowest BCUT2D eigenvalue weighted by Gasteiger charge is -2.16. The van der Waals surface area contributed by atoms with Gasteiger partial charge in [0, 0.05) is 12.2 Å². The number of halogens is 1. The van der Waals surface area contributed by atoms with Gasteiger partial charge < -0.3 is 14.2 Å². The Morgan fingerprint density at radius 2 is 1.70 bits per heavy atom. The molecule has 0 amide bonds. The fraction of sp³-hybridized carbons (Fsp3) is 0.217. The van der Waals surface area contributed by atoms with Crippen LogP contribution in [0.3, 0.4) is 0 Å². The minimum Gasteiger partial charge on any atom is -0.490 e. The van der Waals surface area contributed by atoms with Gasteiger partial charge in [-0.2, -0.15) is 8.42 Å². The molecule has 0 bridgehead atoms. The number of ether oxygens (including phenoxy) is 1. The molecule has 3 aromatic carbocycles. The molecule has 0 fully saturated rings. The van der Waals surface area contributed by atoms with Crippen molar-refractivity contribution in [2.75, 3.05) is 11.9 Å². The predicted octanol–water partition coefficient (Wildman–Crippen LogP) is 5.84. The Morgan fingerprint density at radius 3 is 2.37 bits per heavy atom. The molecule has 0 aliphatic carbocycles. The zero-order chi connectivity index (χ0) is 21.7. The van der Waals surface area contributed by atoms with Crippen LogP contribution >= 0.6 is 15.9 Å². The maximum Gasteiger partial charge on any atom is 0.339 e. The summed E-state index contributed by atoms with van der Waals surface area (Å²) in [5.74, 6) is 0.500. The summed E-state index contributed by atoms with van der Waals surface area (Å²) in [6.45, 7) is 6.69. The molecular weight excluding hydrogens is 466 g/mol. The van der Waals surface area contributed by atoms with Crippen LogP contribution in [-0.4, -0.2) is 15.0 Å². The maximum atomic E-state index is 12.7. The summed E-state index contributed by atoms with van der Waals surface area (Å²) in [5.41, 5.74) is 4.06. The zero-order valence-corrected chi connectivity index (χ0v) is 19.5. The van der Waals surface area contributed by atoms with Crippen molar-refractivity contribution in [1.29, 1.82) is 0 Å². The second-order valence-electron chi connectivity index (χ2n) is 6.91. The predicted molar refractivity (Wildman–Crippen MR) is 123 cm³/mol. The largest absolute Gasteiger partial charge is 0.490 e. The average Bonchev–Trinajstić information content (AvgIpc) is 2.69. The molecule has 0 radical (unpaired) electrons. The van der Waals surface area contributed by atoms with Gasteiger partial charge in [0.25, 0.3) is 0 Å². The zero-order valence-electron chi connectivity index (χ0n) is 17.1. The molecule has 0 unspecified atom stereocenters. The first-order valence-electron chi connectivity index (χ1n) is 9.55. The molecule has 0 saturated heterocycles. The van der Waals surface area contributed by atoms with Gasteiger partial charge in [0.2, 0.25) is 0 Å². The first-order valence-corrected chi connectivity index (χ1v) is 11.8. The molecule has 1 N–H and O–H groups in total. The Morgan fingerprint density at radius 1 is 0.967 bits per heavy atom. The molecule has 5 nitrogen and oxygen atoms in total. The van der Waals surface area contributed by atoms with E-state index in [1.54, 1.807) is 18.2 Å². The molecule has 0 heterocycles. The van der Waals surface area contributed by atoms with E-state index in [4.69, 9.17) is 8.92 Å². The number of benzene rings is 3. The molecule has 158 valence electrons. The Kier molecular flexibility index (Phi) is 7.05. The molecule has 3 rings (SSSR count). The van der Waals surface area contributed by atoms with Crippen LogP contribution in [0.15, 0.2) is 70.0 Å². The van der Waals surface area contributed by atoms with Gasteiger partial charge >= 0.3 is 10.1 Å². The van der Waals surface area contributed by atoms with Crippen molar-refractivity contribution in [3.8, 4) is 11.5 Å². The molecule has 0 aliphatic rings. The highest BCUT2D eigenvalue weighted by Gasteiger charge is 2.22. The van der Waals surface area contributed by atoms with E-state index in [1.807, 2.05) is 45.0 Å². The number of nitrogens with one attached hydrogen (secondary N) is 1. The van der Waals surface area contributed by atoms with Gasteiger partial charge in [0.15, 0.2) is 11.5 Å². The van der Waals surface area contributed by atoms with Crippen LogP contribution in [0.25, 0.3) is 0 Å². The van der Waals surface area contributed by atoms with Gasteiger partial charge in [-0.25, -0.2) is 0 Å². The molecule has 30 heavy (non-hydrogen) atoms. The summed E-state index contributed by atoms with van der Waals surface area (Å²) in [6, 6.07) is 18.2. The number of anilines is 1. The highest BCUT2D eigenvalue weighted by atomic mass is 79.9. The highest BCUT2D eigenvalue weighted by Crippen LogP contribution is 2.39. The lowest BCUT2D eigenvalue weighted by atomic mass is 10.2. The van der Waals surface area contributed by atoms with Gasteiger partial charge in [-0.05, 0) is 84.2 Å². The summed E-state index contributed by atoms with van der Waals surface area (Å²) in [6.07, 6.45) is 0. The second kappa shape index (κ2) is 9.53. The van der Waals surface area contributed by atoms with Crippen LogP contribution in [-0.2, 0) is 16.7 Å². The van der Waals surface area contributed by atoms with E-state index in [2.05, 4.69) is 27.3 Å². The van der Waals surface area contributed by atoms with Crippen molar-refractivity contribution in [2.24, 2.45) is 0 Å². The summed E-state index contributed by atoms with van der Waals surface area (Å²) >= 11 is 3.45. The molecule has 0 spiro atoms. The third-order valence-corrected chi connectivity index (χ3v) is 6.21. The molecular formula is C23H24BrNO4S. The number of aryl methyl sites for hydroxylation is 2. The van der Waals surface area contributed by atoms with E-state index in [1.165, 1.54) is 17.7 Å². The third kappa shape index (κ3) is 5.55. The Bertz CT molecular complexity index is 1130. The lowest BCUT2D eigenvalue weighted by Crippen LogP contribution is -2.12. The van der Waals surface area contributed by atoms with E-state index in [0.717, 1.165) is 16.8 Å². The van der Waals surface area contributed by atoms with Crippen molar-refractivity contribution in [3.63, 3.8) is 0 Å². The Hall–Kier alpha value is -2.51. The Labute approximate surface area is 186 Å². The Balaban J connectivity index is 1.86. The van der Waals surface area contributed by atoms with E-state index >= 15 is 0 Å². The van der Waals surface area contributed by atoms with Crippen molar-refractivity contribution in [3.05, 3.63) is 81.8 Å². The smallest absolute Gasteiger partial charge is 0.339 e. The maximum absolute atomic E-state index is 12.7.